The lowest BCUT2D eigenvalue weighted by Gasteiger charge is -2.28. The van der Waals surface area contributed by atoms with Gasteiger partial charge in [0.05, 0.1) is 0 Å². The minimum absolute atomic E-state index is 0.187. The van der Waals surface area contributed by atoms with E-state index in [2.05, 4.69) is 19.2 Å². The van der Waals surface area contributed by atoms with Crippen LogP contribution in [0.5, 0.6) is 5.75 Å². The molecule has 0 aliphatic heterocycles. The zero-order chi connectivity index (χ0) is 22.1. The zero-order valence-corrected chi connectivity index (χ0v) is 18.2. The standard InChI is InChI=1S/C24H31FN2O3/c1-5-14-26-24(29)18(4)27(15-19-6-10-21(25)11-7-19)23(28)16-30-22-12-8-20(9-13-22)17(2)3/h6-13,17-18H,5,14-16H2,1-4H3,(H,26,29)/t18-/m1/s1. The Hall–Kier alpha value is -2.89. The fourth-order valence-electron chi connectivity index (χ4n) is 2.94. The molecule has 2 aromatic carbocycles. The number of hydrogen-bond donors (Lipinski definition) is 1. The number of carbonyl (C=O) groups is 2. The maximum absolute atomic E-state index is 13.2. The van der Waals surface area contributed by atoms with E-state index < -0.39 is 6.04 Å². The Balaban J connectivity index is 2.09. The van der Waals surface area contributed by atoms with E-state index in [9.17, 15) is 14.0 Å². The predicted molar refractivity (Wildman–Crippen MR) is 116 cm³/mol. The minimum Gasteiger partial charge on any atom is -0.484 e. The van der Waals surface area contributed by atoms with E-state index in [1.54, 1.807) is 19.1 Å². The molecule has 0 heterocycles. The van der Waals surface area contributed by atoms with Gasteiger partial charge in [0.2, 0.25) is 5.91 Å². The molecule has 0 saturated carbocycles. The largest absolute Gasteiger partial charge is 0.484 e. The molecule has 0 aliphatic rings. The van der Waals surface area contributed by atoms with Crippen LogP contribution in [0.15, 0.2) is 48.5 Å². The van der Waals surface area contributed by atoms with Crippen molar-refractivity contribution in [2.45, 2.75) is 52.6 Å². The van der Waals surface area contributed by atoms with Gasteiger partial charge in [0.15, 0.2) is 6.61 Å². The van der Waals surface area contributed by atoms with Crippen molar-refractivity contribution >= 4 is 11.8 Å². The molecule has 0 fully saturated rings. The number of carbonyl (C=O) groups excluding carboxylic acids is 2. The summed E-state index contributed by atoms with van der Waals surface area (Å²) in [5.74, 6) is 0.116. The fraction of sp³-hybridized carbons (Fsp3) is 0.417. The van der Waals surface area contributed by atoms with Crippen LogP contribution in [0.2, 0.25) is 0 Å². The van der Waals surface area contributed by atoms with Gasteiger partial charge in [-0.15, -0.1) is 0 Å². The number of nitrogens with zero attached hydrogens (tertiary/aromatic N) is 1. The van der Waals surface area contributed by atoms with Crippen LogP contribution >= 0.6 is 0 Å². The van der Waals surface area contributed by atoms with Gasteiger partial charge in [-0.2, -0.15) is 0 Å². The highest BCUT2D eigenvalue weighted by Gasteiger charge is 2.26. The van der Waals surface area contributed by atoms with E-state index in [1.807, 2.05) is 31.2 Å². The van der Waals surface area contributed by atoms with Crippen LogP contribution in [-0.4, -0.2) is 35.9 Å². The number of ether oxygens (including phenoxy) is 1. The van der Waals surface area contributed by atoms with Crippen LogP contribution in [0.25, 0.3) is 0 Å². The SMILES string of the molecule is CCCNC(=O)[C@@H](C)N(Cc1ccc(F)cc1)C(=O)COc1ccc(C(C)C)cc1. The number of hydrogen-bond acceptors (Lipinski definition) is 3. The Morgan fingerprint density at radius 2 is 1.67 bits per heavy atom. The third kappa shape index (κ3) is 6.87. The Bertz CT molecular complexity index is 819. The molecule has 0 unspecified atom stereocenters. The molecule has 1 N–H and O–H groups in total. The summed E-state index contributed by atoms with van der Waals surface area (Å²) in [5, 5.41) is 2.82. The van der Waals surface area contributed by atoms with Gasteiger partial charge < -0.3 is 15.0 Å². The van der Waals surface area contributed by atoms with Crippen molar-refractivity contribution < 1.29 is 18.7 Å². The molecular formula is C24H31FN2O3. The van der Waals surface area contributed by atoms with Crippen molar-refractivity contribution in [2.24, 2.45) is 0 Å². The van der Waals surface area contributed by atoms with Crippen molar-refractivity contribution in [2.75, 3.05) is 13.2 Å². The Labute approximate surface area is 178 Å². The van der Waals surface area contributed by atoms with Gasteiger partial charge in [-0.05, 0) is 54.7 Å². The molecule has 1 atom stereocenters. The normalized spacial score (nSPS) is 11.8. The first kappa shape index (κ1) is 23.4. The topological polar surface area (TPSA) is 58.6 Å². The van der Waals surface area contributed by atoms with Crippen molar-refractivity contribution in [3.8, 4) is 5.75 Å². The highest BCUT2D eigenvalue weighted by molar-refractivity contribution is 5.87. The van der Waals surface area contributed by atoms with Gasteiger partial charge in [-0.25, -0.2) is 4.39 Å². The highest BCUT2D eigenvalue weighted by atomic mass is 19.1. The molecule has 0 aliphatic carbocycles. The van der Waals surface area contributed by atoms with Gasteiger partial charge in [0, 0.05) is 13.1 Å². The van der Waals surface area contributed by atoms with E-state index in [1.165, 1.54) is 22.6 Å². The van der Waals surface area contributed by atoms with Crippen LogP contribution in [-0.2, 0) is 16.1 Å². The second-order valence-electron chi connectivity index (χ2n) is 7.63. The molecule has 30 heavy (non-hydrogen) atoms. The average molecular weight is 415 g/mol. The minimum atomic E-state index is -0.680. The molecule has 6 heteroatoms. The molecule has 0 bridgehead atoms. The monoisotopic (exact) mass is 414 g/mol. The van der Waals surface area contributed by atoms with Crippen LogP contribution < -0.4 is 10.1 Å². The summed E-state index contributed by atoms with van der Waals surface area (Å²) in [5.41, 5.74) is 1.93. The molecule has 0 saturated heterocycles. The Morgan fingerprint density at radius 1 is 1.03 bits per heavy atom. The third-order valence-corrected chi connectivity index (χ3v) is 4.89. The number of nitrogens with one attached hydrogen (secondary N) is 1. The van der Waals surface area contributed by atoms with Gasteiger partial charge in [0.25, 0.3) is 5.91 Å². The molecule has 0 radical (unpaired) electrons. The van der Waals surface area contributed by atoms with E-state index >= 15 is 0 Å². The Morgan fingerprint density at radius 3 is 2.23 bits per heavy atom. The molecule has 2 rings (SSSR count). The van der Waals surface area contributed by atoms with Crippen LogP contribution in [0.3, 0.4) is 0 Å². The maximum atomic E-state index is 13.2. The van der Waals surface area contributed by atoms with E-state index in [0.717, 1.165) is 12.0 Å². The first-order valence-electron chi connectivity index (χ1n) is 10.4. The lowest BCUT2D eigenvalue weighted by atomic mass is 10.0. The molecule has 5 nitrogen and oxygen atoms in total. The van der Waals surface area contributed by atoms with Crippen LogP contribution in [0.4, 0.5) is 4.39 Å². The van der Waals surface area contributed by atoms with Gasteiger partial charge in [0.1, 0.15) is 17.6 Å². The van der Waals surface area contributed by atoms with Crippen molar-refractivity contribution in [3.63, 3.8) is 0 Å². The van der Waals surface area contributed by atoms with Gasteiger partial charge in [-0.3, -0.25) is 9.59 Å². The maximum Gasteiger partial charge on any atom is 0.261 e. The summed E-state index contributed by atoms with van der Waals surface area (Å²) >= 11 is 0. The van der Waals surface area contributed by atoms with Crippen molar-refractivity contribution in [1.82, 2.24) is 10.2 Å². The number of rotatable bonds is 10. The summed E-state index contributed by atoms with van der Waals surface area (Å²) in [6.07, 6.45) is 0.805. The number of benzene rings is 2. The molecule has 2 aromatic rings. The van der Waals surface area contributed by atoms with Crippen LogP contribution in [0, 0.1) is 5.82 Å². The quantitative estimate of drug-likeness (QED) is 0.632. The summed E-state index contributed by atoms with van der Waals surface area (Å²) in [6, 6.07) is 12.8. The lowest BCUT2D eigenvalue weighted by molar-refractivity contribution is -0.142. The lowest BCUT2D eigenvalue weighted by Crippen LogP contribution is -2.49. The summed E-state index contributed by atoms with van der Waals surface area (Å²) < 4.78 is 18.9. The Kier molecular flexibility index (Phi) is 8.84. The summed E-state index contributed by atoms with van der Waals surface area (Å²) in [4.78, 5) is 26.9. The molecule has 0 aromatic heterocycles. The summed E-state index contributed by atoms with van der Waals surface area (Å²) in [7, 11) is 0. The smallest absolute Gasteiger partial charge is 0.261 e. The first-order valence-corrected chi connectivity index (χ1v) is 10.4. The van der Waals surface area contributed by atoms with Gasteiger partial charge >= 0.3 is 0 Å². The van der Waals surface area contributed by atoms with Crippen LogP contribution in [0.1, 0.15) is 51.2 Å². The predicted octanol–water partition coefficient (Wildman–Crippen LogP) is 4.27. The molecular weight excluding hydrogens is 383 g/mol. The molecule has 2 amide bonds. The van der Waals surface area contributed by atoms with Gasteiger partial charge in [-0.1, -0.05) is 45.0 Å². The molecule has 0 spiro atoms. The van der Waals surface area contributed by atoms with E-state index in [4.69, 9.17) is 4.74 Å². The summed E-state index contributed by atoms with van der Waals surface area (Å²) in [6.45, 7) is 8.41. The van der Waals surface area contributed by atoms with E-state index in [-0.39, 0.29) is 30.8 Å². The highest BCUT2D eigenvalue weighted by Crippen LogP contribution is 2.19. The zero-order valence-electron chi connectivity index (χ0n) is 18.2. The average Bonchev–Trinajstić information content (AvgIpc) is 2.75. The molecule has 162 valence electrons. The fourth-order valence-corrected chi connectivity index (χ4v) is 2.94. The number of amides is 2. The first-order chi connectivity index (χ1) is 14.3. The van der Waals surface area contributed by atoms with Crippen molar-refractivity contribution in [3.05, 3.63) is 65.5 Å². The second kappa shape index (κ2) is 11.3. The van der Waals surface area contributed by atoms with E-state index in [0.29, 0.717) is 18.2 Å². The number of halogens is 1. The second-order valence-corrected chi connectivity index (χ2v) is 7.63. The van der Waals surface area contributed by atoms with Crippen molar-refractivity contribution in [1.29, 1.82) is 0 Å². The third-order valence-electron chi connectivity index (χ3n) is 4.89.